The van der Waals surface area contributed by atoms with Gasteiger partial charge in [0.2, 0.25) is 0 Å². The van der Waals surface area contributed by atoms with Crippen LogP contribution in [0.15, 0.2) is 6.20 Å². The van der Waals surface area contributed by atoms with E-state index in [-0.39, 0.29) is 12.1 Å². The molecule has 110 valence electrons. The Morgan fingerprint density at radius 1 is 1.47 bits per heavy atom. The van der Waals surface area contributed by atoms with Crippen molar-refractivity contribution in [3.8, 4) is 0 Å². The van der Waals surface area contributed by atoms with E-state index < -0.39 is 0 Å². The van der Waals surface area contributed by atoms with E-state index in [2.05, 4.69) is 10.5 Å². The van der Waals surface area contributed by atoms with Crippen molar-refractivity contribution in [2.24, 2.45) is 5.84 Å². The second-order valence-electron chi connectivity index (χ2n) is 4.44. The molecule has 0 saturated carbocycles. The first-order valence-corrected chi connectivity index (χ1v) is 6.70. The first kappa shape index (κ1) is 16.4. The average Bonchev–Trinajstić information content (AvgIpc) is 2.78. The minimum Gasteiger partial charge on any atom is -0.383 e. The van der Waals surface area contributed by atoms with Crippen LogP contribution in [0.25, 0.3) is 0 Å². The molecule has 0 aliphatic carbocycles. The molecule has 1 aromatic heterocycles. The van der Waals surface area contributed by atoms with E-state index in [0.717, 1.165) is 18.5 Å². The quantitative estimate of drug-likeness (QED) is 0.532. The minimum atomic E-state index is -0.0514. The normalized spacial score (nSPS) is 14.6. The highest BCUT2D eigenvalue weighted by atomic mass is 35.5. The van der Waals surface area contributed by atoms with Gasteiger partial charge in [0, 0.05) is 14.2 Å². The van der Waals surface area contributed by atoms with E-state index >= 15 is 0 Å². The van der Waals surface area contributed by atoms with Crippen molar-refractivity contribution in [2.75, 3.05) is 20.8 Å². The summed E-state index contributed by atoms with van der Waals surface area (Å²) in [6.07, 6.45) is 3.53. The van der Waals surface area contributed by atoms with Crippen molar-refractivity contribution in [3.05, 3.63) is 16.9 Å². The van der Waals surface area contributed by atoms with Gasteiger partial charge in [0.15, 0.2) is 0 Å². The highest BCUT2D eigenvalue weighted by Crippen LogP contribution is 2.26. The molecule has 0 fully saturated rings. The van der Waals surface area contributed by atoms with Gasteiger partial charge in [-0.3, -0.25) is 16.0 Å². The molecule has 1 aromatic rings. The lowest BCUT2D eigenvalue weighted by atomic mass is 10.1. The topological polar surface area (TPSA) is 74.3 Å². The summed E-state index contributed by atoms with van der Waals surface area (Å²) < 4.78 is 12.1. The highest BCUT2D eigenvalue weighted by Gasteiger charge is 2.20. The number of nitrogens with two attached hydrogens (primary N) is 1. The summed E-state index contributed by atoms with van der Waals surface area (Å²) in [5.41, 5.74) is 3.69. The maximum absolute atomic E-state index is 6.20. The van der Waals surface area contributed by atoms with Gasteiger partial charge < -0.3 is 9.47 Å². The number of hydrazine groups is 1. The lowest BCUT2D eigenvalue weighted by Crippen LogP contribution is -2.31. The van der Waals surface area contributed by atoms with Gasteiger partial charge in [-0.1, -0.05) is 11.6 Å². The maximum atomic E-state index is 6.20. The summed E-state index contributed by atoms with van der Waals surface area (Å²) in [6, 6.07) is -0.0514. The first-order valence-electron chi connectivity index (χ1n) is 6.33. The smallest absolute Gasteiger partial charge is 0.0834 e. The zero-order valence-corrected chi connectivity index (χ0v) is 12.5. The van der Waals surface area contributed by atoms with Gasteiger partial charge in [-0.05, 0) is 19.8 Å². The van der Waals surface area contributed by atoms with Crippen molar-refractivity contribution < 1.29 is 9.47 Å². The number of ether oxygens (including phenoxy) is 2. The van der Waals surface area contributed by atoms with Crippen molar-refractivity contribution >= 4 is 11.6 Å². The summed E-state index contributed by atoms with van der Waals surface area (Å²) in [5, 5.41) is 4.86. The van der Waals surface area contributed by atoms with E-state index in [0.29, 0.717) is 18.2 Å². The Bertz CT molecular complexity index is 373. The Morgan fingerprint density at radius 2 is 2.21 bits per heavy atom. The summed E-state index contributed by atoms with van der Waals surface area (Å²) >= 11 is 6.20. The van der Waals surface area contributed by atoms with Crippen LogP contribution in [-0.2, 0) is 16.0 Å². The van der Waals surface area contributed by atoms with Gasteiger partial charge in [0.1, 0.15) is 0 Å². The molecule has 0 aromatic carbocycles. The average molecular weight is 291 g/mol. The monoisotopic (exact) mass is 290 g/mol. The first-order chi connectivity index (χ1) is 9.13. The molecule has 0 bridgehead atoms. The molecule has 1 rings (SSSR count). The van der Waals surface area contributed by atoms with Crippen LogP contribution in [0.5, 0.6) is 0 Å². The van der Waals surface area contributed by atoms with E-state index in [1.165, 1.54) is 0 Å². The molecule has 19 heavy (non-hydrogen) atoms. The summed E-state index contributed by atoms with van der Waals surface area (Å²) in [6.45, 7) is 3.25. The number of hydrogen-bond acceptors (Lipinski definition) is 5. The molecule has 7 heteroatoms. The van der Waals surface area contributed by atoms with Gasteiger partial charge in [-0.15, -0.1) is 0 Å². The Morgan fingerprint density at radius 3 is 2.79 bits per heavy atom. The summed E-state index contributed by atoms with van der Waals surface area (Å²) in [7, 11) is 3.36. The predicted octanol–water partition coefficient (Wildman–Crippen LogP) is 1.50. The van der Waals surface area contributed by atoms with Gasteiger partial charge in [-0.2, -0.15) is 5.10 Å². The second-order valence-corrected chi connectivity index (χ2v) is 4.84. The van der Waals surface area contributed by atoms with Crippen LogP contribution in [0, 0.1) is 0 Å². The number of hydrogen-bond donors (Lipinski definition) is 2. The molecule has 0 amide bonds. The number of aromatic nitrogens is 2. The molecule has 0 aliphatic rings. The van der Waals surface area contributed by atoms with Crippen molar-refractivity contribution in [1.29, 1.82) is 0 Å². The maximum Gasteiger partial charge on any atom is 0.0834 e. The van der Waals surface area contributed by atoms with E-state index in [9.17, 15) is 0 Å². The van der Waals surface area contributed by atoms with Crippen molar-refractivity contribution in [2.45, 2.75) is 38.5 Å². The van der Waals surface area contributed by atoms with Crippen LogP contribution >= 0.6 is 11.6 Å². The Balaban J connectivity index is 2.75. The molecular weight excluding hydrogens is 268 g/mol. The third-order valence-corrected chi connectivity index (χ3v) is 3.43. The van der Waals surface area contributed by atoms with Crippen molar-refractivity contribution in [1.82, 2.24) is 15.2 Å². The Kier molecular flexibility index (Phi) is 7.33. The third-order valence-electron chi connectivity index (χ3n) is 3.14. The fraction of sp³-hybridized carbons (Fsp3) is 0.750. The molecule has 3 N–H and O–H groups in total. The van der Waals surface area contributed by atoms with Gasteiger partial charge in [-0.25, -0.2) is 0 Å². The number of nitrogens with one attached hydrogen (secondary N) is 1. The molecule has 2 atom stereocenters. The fourth-order valence-corrected chi connectivity index (χ4v) is 2.17. The zero-order chi connectivity index (χ0) is 14.3. The van der Waals surface area contributed by atoms with Crippen LogP contribution in [0.4, 0.5) is 0 Å². The predicted molar refractivity (Wildman–Crippen MR) is 74.9 cm³/mol. The number of rotatable bonds is 9. The summed E-state index contributed by atoms with van der Waals surface area (Å²) in [5.74, 6) is 5.64. The molecule has 0 radical (unpaired) electrons. The lowest BCUT2D eigenvalue weighted by molar-refractivity contribution is 0.105. The molecule has 0 aliphatic heterocycles. The molecule has 0 spiro atoms. The van der Waals surface area contributed by atoms with Crippen LogP contribution in [0.1, 0.15) is 31.5 Å². The fourth-order valence-electron chi connectivity index (χ4n) is 1.89. The Hall–Kier alpha value is -0.660. The minimum absolute atomic E-state index is 0.0514. The number of nitrogens with zero attached hydrogens (tertiary/aromatic N) is 2. The van der Waals surface area contributed by atoms with Crippen LogP contribution in [-0.4, -0.2) is 36.7 Å². The second kappa shape index (κ2) is 8.50. The molecular formula is C12H23ClN4O2. The third kappa shape index (κ3) is 4.74. The van der Waals surface area contributed by atoms with Crippen LogP contribution < -0.4 is 11.3 Å². The molecule has 0 saturated heterocycles. The molecule has 2 unspecified atom stereocenters. The van der Waals surface area contributed by atoms with Gasteiger partial charge >= 0.3 is 0 Å². The molecule has 1 heterocycles. The van der Waals surface area contributed by atoms with Crippen LogP contribution in [0.3, 0.4) is 0 Å². The highest BCUT2D eigenvalue weighted by molar-refractivity contribution is 6.31. The van der Waals surface area contributed by atoms with Gasteiger partial charge in [0.05, 0.1) is 42.2 Å². The zero-order valence-electron chi connectivity index (χ0n) is 11.7. The standard InChI is InChI=1S/C12H23ClN4O2/c1-9(19-3)4-5-11(16-14)12-10(13)8-15-17(12)6-7-18-2/h8-9,11,16H,4-7,14H2,1-3H3. The van der Waals surface area contributed by atoms with Gasteiger partial charge in [0.25, 0.3) is 0 Å². The SMILES string of the molecule is COCCn1ncc(Cl)c1C(CCC(C)OC)NN. The van der Waals surface area contributed by atoms with E-state index in [4.69, 9.17) is 26.9 Å². The van der Waals surface area contributed by atoms with E-state index in [1.807, 2.05) is 11.6 Å². The largest absolute Gasteiger partial charge is 0.383 e. The number of methoxy groups -OCH3 is 2. The Labute approximate surface area is 119 Å². The lowest BCUT2D eigenvalue weighted by Gasteiger charge is -2.20. The van der Waals surface area contributed by atoms with Crippen molar-refractivity contribution in [3.63, 3.8) is 0 Å². The summed E-state index contributed by atoms with van der Waals surface area (Å²) in [4.78, 5) is 0. The van der Waals surface area contributed by atoms with E-state index in [1.54, 1.807) is 20.4 Å². The molecule has 6 nitrogen and oxygen atoms in total. The van der Waals surface area contributed by atoms with Crippen LogP contribution in [0.2, 0.25) is 5.02 Å². The number of halogens is 1.